The van der Waals surface area contributed by atoms with E-state index in [0.717, 1.165) is 6.92 Å². The van der Waals surface area contributed by atoms with Gasteiger partial charge in [0.15, 0.2) is 4.58 Å². The molecule has 0 saturated heterocycles. The summed E-state index contributed by atoms with van der Waals surface area (Å²) in [7, 11) is -11.6. The molecule has 86 valence electrons. The molecule has 0 fully saturated rings. The Morgan fingerprint density at radius 2 is 1.47 bits per heavy atom. The maximum Gasteiger partial charge on any atom is 1.00 e. The van der Waals surface area contributed by atoms with E-state index >= 15 is 0 Å². The van der Waals surface area contributed by atoms with Gasteiger partial charge in [-0.2, -0.15) is 8.42 Å². The van der Waals surface area contributed by atoms with Crippen LogP contribution in [0.25, 0.3) is 0 Å². The van der Waals surface area contributed by atoms with Crippen molar-refractivity contribution in [1.82, 2.24) is 0 Å². The van der Waals surface area contributed by atoms with Gasteiger partial charge in [0.05, 0.1) is 0 Å². The van der Waals surface area contributed by atoms with Crippen molar-refractivity contribution in [2.45, 2.75) is 31.1 Å². The van der Waals surface area contributed by atoms with Crippen LogP contribution < -0.4 is 18.9 Å². The summed E-state index contributed by atoms with van der Waals surface area (Å²) in [4.78, 5) is 0. The Balaban J connectivity index is 0. The van der Waals surface area contributed by atoms with Gasteiger partial charge in [-0.05, 0) is 26.6 Å². The molecule has 6 nitrogen and oxygen atoms in total. The van der Waals surface area contributed by atoms with Gasteiger partial charge in [-0.1, -0.05) is 0 Å². The van der Waals surface area contributed by atoms with Crippen molar-refractivity contribution in [3.63, 3.8) is 0 Å². The third kappa shape index (κ3) is 6.73. The molecule has 0 aromatic rings. The smallest absolute Gasteiger partial charge is 0.747 e. The molecule has 0 N–H and O–H groups in total. The number of hydrogen-bond acceptors (Lipinski definition) is 6. The third-order valence-corrected chi connectivity index (χ3v) is 7.15. The van der Waals surface area contributed by atoms with E-state index in [4.69, 9.17) is 0 Å². The molecule has 0 spiro atoms. The van der Waals surface area contributed by atoms with Crippen molar-refractivity contribution in [2.75, 3.05) is 0 Å². The molecule has 0 rings (SSSR count). The molecule has 15 heavy (non-hydrogen) atoms. The second-order valence-corrected chi connectivity index (χ2v) is 12.3. The molecule has 0 aliphatic rings. The van der Waals surface area contributed by atoms with Crippen molar-refractivity contribution in [3.8, 4) is 0 Å². The molecule has 0 aromatic carbocycles. The van der Waals surface area contributed by atoms with Gasteiger partial charge in [-0.3, -0.25) is 0 Å². The SMILES string of the molecule is CC(S(=O)(=O)[O-])S(=O)(=O)O[Si](C)(C)C.[Li+]. The normalized spacial score (nSPS) is 15.5. The summed E-state index contributed by atoms with van der Waals surface area (Å²) in [5.41, 5.74) is 0. The predicted molar refractivity (Wildman–Crippen MR) is 52.5 cm³/mol. The Kier molecular flexibility index (Phi) is 6.38. The van der Waals surface area contributed by atoms with Gasteiger partial charge in [-0.25, -0.2) is 8.42 Å². The summed E-state index contributed by atoms with van der Waals surface area (Å²) >= 11 is 0. The van der Waals surface area contributed by atoms with Crippen LogP contribution in [0, 0.1) is 0 Å². The Labute approximate surface area is 104 Å². The van der Waals surface area contributed by atoms with Crippen LogP contribution in [-0.2, 0) is 24.1 Å². The van der Waals surface area contributed by atoms with Crippen molar-refractivity contribution in [3.05, 3.63) is 0 Å². The summed E-state index contributed by atoms with van der Waals surface area (Å²) in [5, 5.41) is 0. The zero-order valence-electron chi connectivity index (χ0n) is 9.34. The largest absolute Gasteiger partial charge is 1.00 e. The molecule has 0 heterocycles. The van der Waals surface area contributed by atoms with Crippen LogP contribution in [0.1, 0.15) is 6.92 Å². The van der Waals surface area contributed by atoms with Crippen LogP contribution in [0.2, 0.25) is 19.6 Å². The Morgan fingerprint density at radius 1 is 1.13 bits per heavy atom. The summed E-state index contributed by atoms with van der Waals surface area (Å²) < 4.78 is 56.4. The second kappa shape index (κ2) is 5.31. The second-order valence-electron chi connectivity index (χ2n) is 3.75. The first-order chi connectivity index (χ1) is 5.86. The van der Waals surface area contributed by atoms with Crippen LogP contribution in [0.5, 0.6) is 0 Å². The maximum absolute atomic E-state index is 11.2. The van der Waals surface area contributed by atoms with Gasteiger partial charge in [0.1, 0.15) is 10.1 Å². The molecule has 1 atom stereocenters. The molecule has 1 unspecified atom stereocenters. The Hall–Kier alpha value is 0.634. The summed E-state index contributed by atoms with van der Waals surface area (Å²) in [5.74, 6) is 0. The van der Waals surface area contributed by atoms with Crippen LogP contribution in [0.4, 0.5) is 0 Å². The van der Waals surface area contributed by atoms with Crippen LogP contribution in [0.3, 0.4) is 0 Å². The molecule has 10 heteroatoms. The topological polar surface area (TPSA) is 101 Å². The molecule has 0 amide bonds. The summed E-state index contributed by atoms with van der Waals surface area (Å²) in [6.07, 6.45) is 0. The van der Waals surface area contributed by atoms with Crippen molar-refractivity contribution in [1.29, 1.82) is 0 Å². The molecule has 0 radical (unpaired) electrons. The molecule has 0 saturated carbocycles. The Bertz CT molecular complexity index is 394. The number of rotatable bonds is 4. The molecule has 0 aliphatic carbocycles. The van der Waals surface area contributed by atoms with E-state index in [-0.39, 0.29) is 18.9 Å². The van der Waals surface area contributed by atoms with E-state index < -0.39 is 33.1 Å². The first-order valence-corrected chi connectivity index (χ1v) is 10.1. The third-order valence-electron chi connectivity index (χ3n) is 1.18. The van der Waals surface area contributed by atoms with E-state index in [1.54, 1.807) is 19.6 Å². The van der Waals surface area contributed by atoms with Crippen LogP contribution in [0.15, 0.2) is 0 Å². The summed E-state index contributed by atoms with van der Waals surface area (Å²) in [6.45, 7) is 5.54. The van der Waals surface area contributed by atoms with Gasteiger partial charge >= 0.3 is 18.9 Å². The van der Waals surface area contributed by atoms with Crippen LogP contribution in [-0.4, -0.2) is 34.3 Å². The molecule has 0 aliphatic heterocycles. The molecule has 0 bridgehead atoms. The average molecular weight is 268 g/mol. The van der Waals surface area contributed by atoms with Gasteiger partial charge in [0.25, 0.3) is 10.1 Å². The fraction of sp³-hybridized carbons (Fsp3) is 1.00. The van der Waals surface area contributed by atoms with Gasteiger partial charge in [0.2, 0.25) is 8.32 Å². The fourth-order valence-corrected chi connectivity index (χ4v) is 5.40. The van der Waals surface area contributed by atoms with Crippen molar-refractivity contribution < 1.29 is 44.1 Å². The van der Waals surface area contributed by atoms with Crippen molar-refractivity contribution in [2.24, 2.45) is 0 Å². The van der Waals surface area contributed by atoms with E-state index in [9.17, 15) is 21.4 Å². The number of hydrogen-bond donors (Lipinski definition) is 0. The minimum absolute atomic E-state index is 0. The van der Waals surface area contributed by atoms with E-state index in [2.05, 4.69) is 3.87 Å². The fourth-order valence-electron chi connectivity index (χ4n) is 0.561. The minimum Gasteiger partial charge on any atom is -0.747 e. The molecular weight excluding hydrogens is 255 g/mol. The monoisotopic (exact) mass is 268 g/mol. The first kappa shape index (κ1) is 18.0. The van der Waals surface area contributed by atoms with Gasteiger partial charge in [0, 0.05) is 0 Å². The maximum atomic E-state index is 11.2. The van der Waals surface area contributed by atoms with Crippen molar-refractivity contribution >= 4 is 28.6 Å². The van der Waals surface area contributed by atoms with Crippen LogP contribution >= 0.6 is 0 Å². The van der Waals surface area contributed by atoms with Gasteiger partial charge in [-0.15, -0.1) is 0 Å². The Morgan fingerprint density at radius 3 is 1.67 bits per heavy atom. The zero-order valence-corrected chi connectivity index (χ0v) is 12.0. The zero-order chi connectivity index (χ0) is 11.8. The quantitative estimate of drug-likeness (QED) is 0.399. The molecule has 0 aromatic heterocycles. The first-order valence-electron chi connectivity index (χ1n) is 3.75. The van der Waals surface area contributed by atoms with E-state index in [1.807, 2.05) is 0 Å². The van der Waals surface area contributed by atoms with E-state index in [0.29, 0.717) is 0 Å². The van der Waals surface area contributed by atoms with E-state index in [1.165, 1.54) is 0 Å². The predicted octanol–water partition coefficient (Wildman–Crippen LogP) is -2.94. The average Bonchev–Trinajstić information content (AvgIpc) is 1.78. The minimum atomic E-state index is -4.87. The standard InChI is InChI=1S/C5H14O6S2Si.Li/c1-5(12(6,7)8)13(9,10)11-14(2,3)4;/h5H,1-4H3,(H,6,7,8);/q;+1/p-1. The molecular formula is C5H13LiO6S2Si. The van der Waals surface area contributed by atoms with Gasteiger partial charge < -0.3 is 8.42 Å². The summed E-state index contributed by atoms with van der Waals surface area (Å²) in [6, 6.07) is 0.